The van der Waals surface area contributed by atoms with Gasteiger partial charge in [0.1, 0.15) is 11.6 Å². The summed E-state index contributed by atoms with van der Waals surface area (Å²) in [6, 6.07) is 13.6. The fourth-order valence-corrected chi connectivity index (χ4v) is 3.15. The Hall–Kier alpha value is -2.83. The van der Waals surface area contributed by atoms with Crippen molar-refractivity contribution in [1.82, 2.24) is 9.97 Å². The lowest BCUT2D eigenvalue weighted by Crippen LogP contribution is -2.13. The molecule has 1 amide bonds. The summed E-state index contributed by atoms with van der Waals surface area (Å²) < 4.78 is 5.58. The van der Waals surface area contributed by atoms with Gasteiger partial charge in [-0.15, -0.1) is 0 Å². The smallest absolute Gasteiger partial charge is 0.251 e. The molecule has 0 aliphatic rings. The first-order chi connectivity index (χ1) is 13.9. The first-order valence-corrected chi connectivity index (χ1v) is 9.72. The Bertz CT molecular complexity index is 1080. The molecule has 6 nitrogen and oxygen atoms in total. The SMILES string of the molecule is Cc1cc(=O)[nH]c(-c2cccc(NC(=O)CCCOc3ccc(Cl)cc3Cl)c2)n1. The number of aromatic amines is 1. The first-order valence-electron chi connectivity index (χ1n) is 8.97. The molecule has 1 heterocycles. The highest BCUT2D eigenvalue weighted by molar-refractivity contribution is 6.35. The van der Waals surface area contributed by atoms with Crippen LogP contribution in [0.1, 0.15) is 18.5 Å². The number of carbonyl (C=O) groups is 1. The molecule has 0 atom stereocenters. The number of nitrogens with one attached hydrogen (secondary N) is 2. The van der Waals surface area contributed by atoms with Crippen LogP contribution in [0.4, 0.5) is 5.69 Å². The summed E-state index contributed by atoms with van der Waals surface area (Å²) in [6.45, 7) is 2.10. The minimum Gasteiger partial charge on any atom is -0.492 e. The molecule has 0 fully saturated rings. The van der Waals surface area contributed by atoms with E-state index in [1.54, 1.807) is 43.3 Å². The summed E-state index contributed by atoms with van der Waals surface area (Å²) in [7, 11) is 0. The van der Waals surface area contributed by atoms with Crippen LogP contribution in [0, 0.1) is 6.92 Å². The number of H-pyrrole nitrogens is 1. The van der Waals surface area contributed by atoms with Crippen LogP contribution in [0.25, 0.3) is 11.4 Å². The molecule has 0 unspecified atom stereocenters. The fourth-order valence-electron chi connectivity index (χ4n) is 2.69. The number of aromatic nitrogens is 2. The van der Waals surface area contributed by atoms with Crippen molar-refractivity contribution in [2.45, 2.75) is 19.8 Å². The van der Waals surface area contributed by atoms with Crippen LogP contribution in [-0.2, 0) is 4.79 Å². The van der Waals surface area contributed by atoms with Crippen LogP contribution in [-0.4, -0.2) is 22.5 Å². The molecular weight excluding hydrogens is 413 g/mol. The zero-order chi connectivity index (χ0) is 20.8. The van der Waals surface area contributed by atoms with Gasteiger partial charge in [0.05, 0.1) is 11.6 Å². The quantitative estimate of drug-likeness (QED) is 0.523. The van der Waals surface area contributed by atoms with E-state index in [1.807, 2.05) is 6.07 Å². The molecule has 2 N–H and O–H groups in total. The van der Waals surface area contributed by atoms with Gasteiger partial charge in [-0.05, 0) is 43.7 Å². The van der Waals surface area contributed by atoms with Crippen molar-refractivity contribution in [2.24, 2.45) is 0 Å². The van der Waals surface area contributed by atoms with Crippen LogP contribution >= 0.6 is 23.2 Å². The van der Waals surface area contributed by atoms with E-state index in [-0.39, 0.29) is 17.9 Å². The molecule has 0 aliphatic heterocycles. The van der Waals surface area contributed by atoms with Crippen LogP contribution in [0.2, 0.25) is 10.0 Å². The summed E-state index contributed by atoms with van der Waals surface area (Å²) in [5, 5.41) is 3.81. The van der Waals surface area contributed by atoms with E-state index in [9.17, 15) is 9.59 Å². The minimum absolute atomic E-state index is 0.140. The number of rotatable bonds is 7. The number of anilines is 1. The van der Waals surface area contributed by atoms with Crippen molar-refractivity contribution in [3.63, 3.8) is 0 Å². The van der Waals surface area contributed by atoms with E-state index in [0.29, 0.717) is 51.6 Å². The minimum atomic E-state index is -0.220. The summed E-state index contributed by atoms with van der Waals surface area (Å²) >= 11 is 11.9. The molecule has 0 radical (unpaired) electrons. The topological polar surface area (TPSA) is 84.1 Å². The largest absolute Gasteiger partial charge is 0.492 e. The highest BCUT2D eigenvalue weighted by Gasteiger charge is 2.07. The number of benzene rings is 2. The summed E-state index contributed by atoms with van der Waals surface area (Å²) in [6.07, 6.45) is 0.812. The molecule has 8 heteroatoms. The van der Waals surface area contributed by atoms with Crippen molar-refractivity contribution in [1.29, 1.82) is 0 Å². The molecule has 0 spiro atoms. The average Bonchev–Trinajstić information content (AvgIpc) is 2.66. The molecule has 3 rings (SSSR count). The predicted octanol–water partition coefficient (Wildman–Crippen LogP) is 4.85. The van der Waals surface area contributed by atoms with Gasteiger partial charge in [-0.25, -0.2) is 4.98 Å². The summed E-state index contributed by atoms with van der Waals surface area (Å²) in [4.78, 5) is 30.9. The number of aryl methyl sites for hydroxylation is 1. The molecule has 0 saturated heterocycles. The van der Waals surface area contributed by atoms with Gasteiger partial charge in [-0.2, -0.15) is 0 Å². The van der Waals surface area contributed by atoms with Gasteiger partial charge >= 0.3 is 0 Å². The van der Waals surface area contributed by atoms with E-state index in [0.717, 1.165) is 0 Å². The van der Waals surface area contributed by atoms with Gasteiger partial charge in [-0.1, -0.05) is 35.3 Å². The van der Waals surface area contributed by atoms with Gasteiger partial charge in [-0.3, -0.25) is 9.59 Å². The zero-order valence-electron chi connectivity index (χ0n) is 15.7. The lowest BCUT2D eigenvalue weighted by molar-refractivity contribution is -0.116. The zero-order valence-corrected chi connectivity index (χ0v) is 17.2. The van der Waals surface area contributed by atoms with Crippen molar-refractivity contribution in [2.75, 3.05) is 11.9 Å². The van der Waals surface area contributed by atoms with Crippen LogP contribution in [0.3, 0.4) is 0 Å². The Balaban J connectivity index is 1.53. The Labute approximate surface area is 177 Å². The monoisotopic (exact) mass is 431 g/mol. The van der Waals surface area contributed by atoms with Gasteiger partial charge in [0.2, 0.25) is 5.91 Å². The highest BCUT2D eigenvalue weighted by atomic mass is 35.5. The molecule has 0 bridgehead atoms. The second-order valence-electron chi connectivity index (χ2n) is 6.39. The number of hydrogen-bond acceptors (Lipinski definition) is 4. The Morgan fingerprint density at radius 3 is 2.76 bits per heavy atom. The molecule has 2 aromatic carbocycles. The van der Waals surface area contributed by atoms with E-state index in [4.69, 9.17) is 27.9 Å². The second-order valence-corrected chi connectivity index (χ2v) is 7.23. The van der Waals surface area contributed by atoms with Crippen molar-refractivity contribution < 1.29 is 9.53 Å². The molecule has 150 valence electrons. The molecule has 29 heavy (non-hydrogen) atoms. The summed E-state index contributed by atoms with van der Waals surface area (Å²) in [5.41, 5.74) is 1.74. The maximum absolute atomic E-state index is 12.2. The molecule has 0 aliphatic carbocycles. The number of amides is 1. The molecular formula is C21H19Cl2N3O3. The highest BCUT2D eigenvalue weighted by Crippen LogP contribution is 2.27. The van der Waals surface area contributed by atoms with Gasteiger partial charge < -0.3 is 15.0 Å². The maximum atomic E-state index is 12.2. The third-order valence-electron chi connectivity index (χ3n) is 3.99. The summed E-state index contributed by atoms with van der Waals surface area (Å²) in [5.74, 6) is 0.849. The Morgan fingerprint density at radius 1 is 1.17 bits per heavy atom. The predicted molar refractivity (Wildman–Crippen MR) is 115 cm³/mol. The number of nitrogens with zero attached hydrogens (tertiary/aromatic N) is 1. The molecule has 3 aromatic rings. The second kappa shape index (κ2) is 9.58. The average molecular weight is 432 g/mol. The van der Waals surface area contributed by atoms with Crippen LogP contribution in [0.5, 0.6) is 5.75 Å². The molecule has 0 saturated carbocycles. The Kier molecular flexibility index (Phi) is 6.90. The number of ether oxygens (including phenoxy) is 1. The number of carbonyl (C=O) groups excluding carboxylic acids is 1. The normalized spacial score (nSPS) is 10.6. The number of hydrogen-bond donors (Lipinski definition) is 2. The van der Waals surface area contributed by atoms with Gasteiger partial charge in [0.25, 0.3) is 5.56 Å². The number of halogens is 2. The van der Waals surface area contributed by atoms with Crippen LogP contribution in [0.15, 0.2) is 53.3 Å². The van der Waals surface area contributed by atoms with E-state index in [2.05, 4.69) is 15.3 Å². The lowest BCUT2D eigenvalue weighted by Gasteiger charge is -2.09. The van der Waals surface area contributed by atoms with Gasteiger partial charge in [0.15, 0.2) is 0 Å². The lowest BCUT2D eigenvalue weighted by atomic mass is 10.1. The fraction of sp³-hybridized carbons (Fsp3) is 0.190. The maximum Gasteiger partial charge on any atom is 0.251 e. The van der Waals surface area contributed by atoms with Crippen molar-refractivity contribution in [3.05, 3.63) is 74.6 Å². The first kappa shape index (κ1) is 20.9. The standard InChI is InChI=1S/C21H19Cl2N3O3/c1-13-10-20(28)26-21(24-13)14-4-2-5-16(11-14)25-19(27)6-3-9-29-18-8-7-15(22)12-17(18)23/h2,4-5,7-8,10-12H,3,6,9H2,1H3,(H,25,27)(H,24,26,28). The van der Waals surface area contributed by atoms with E-state index < -0.39 is 0 Å². The third-order valence-corrected chi connectivity index (χ3v) is 4.52. The van der Waals surface area contributed by atoms with Gasteiger partial charge in [0, 0.05) is 34.5 Å². The van der Waals surface area contributed by atoms with Crippen LogP contribution < -0.4 is 15.6 Å². The van der Waals surface area contributed by atoms with E-state index in [1.165, 1.54) is 6.07 Å². The molecule has 1 aromatic heterocycles. The van der Waals surface area contributed by atoms with E-state index >= 15 is 0 Å². The van der Waals surface area contributed by atoms with Crippen molar-refractivity contribution in [3.8, 4) is 17.1 Å². The third kappa shape index (κ3) is 6.07. The Morgan fingerprint density at radius 2 is 2.00 bits per heavy atom. The van der Waals surface area contributed by atoms with Crippen molar-refractivity contribution >= 4 is 34.8 Å².